The Balaban J connectivity index is 2.07. The van der Waals surface area contributed by atoms with E-state index in [2.05, 4.69) is 9.97 Å². The highest BCUT2D eigenvalue weighted by Gasteiger charge is 2.08. The van der Waals surface area contributed by atoms with E-state index in [1.54, 1.807) is 56.7 Å². The van der Waals surface area contributed by atoms with Gasteiger partial charge in [-0.1, -0.05) is 23.2 Å². The summed E-state index contributed by atoms with van der Waals surface area (Å²) < 4.78 is 10.5. The predicted octanol–water partition coefficient (Wildman–Crippen LogP) is 4.33. The maximum atomic E-state index is 12.2. The van der Waals surface area contributed by atoms with Gasteiger partial charge in [0.25, 0.3) is 5.56 Å². The fraction of sp³-hybridized carbons (Fsp3) is 0.111. The van der Waals surface area contributed by atoms with Gasteiger partial charge >= 0.3 is 0 Å². The summed E-state index contributed by atoms with van der Waals surface area (Å²) in [6.07, 6.45) is 1.67. The van der Waals surface area contributed by atoms with Crippen LogP contribution in [0.3, 0.4) is 0 Å². The third kappa shape index (κ3) is 3.78. The summed E-state index contributed by atoms with van der Waals surface area (Å²) in [5, 5.41) is 1.16. The molecule has 0 unspecified atom stereocenters. The van der Waals surface area contributed by atoms with Crippen molar-refractivity contribution in [3.63, 3.8) is 0 Å². The number of rotatable bonds is 4. The average molecular weight is 377 g/mol. The molecule has 0 spiro atoms. The van der Waals surface area contributed by atoms with E-state index >= 15 is 0 Å². The number of nitrogens with zero attached hydrogens (tertiary/aromatic N) is 1. The molecule has 0 fully saturated rings. The van der Waals surface area contributed by atoms with E-state index in [0.717, 1.165) is 5.56 Å². The molecular formula is C18H14Cl2N2O3. The Morgan fingerprint density at radius 1 is 1.12 bits per heavy atom. The molecular weight excluding hydrogens is 363 g/mol. The van der Waals surface area contributed by atoms with Crippen LogP contribution in [0.1, 0.15) is 11.4 Å². The van der Waals surface area contributed by atoms with Gasteiger partial charge in [-0.15, -0.1) is 0 Å². The fourth-order valence-corrected chi connectivity index (χ4v) is 2.74. The molecule has 3 aromatic rings. The van der Waals surface area contributed by atoms with Crippen LogP contribution in [0.4, 0.5) is 0 Å². The molecule has 5 nitrogen and oxygen atoms in total. The maximum absolute atomic E-state index is 12.2. The summed E-state index contributed by atoms with van der Waals surface area (Å²) in [4.78, 5) is 19.3. The fourth-order valence-electron chi connectivity index (χ4n) is 2.35. The number of ether oxygens (including phenoxy) is 2. The molecule has 1 N–H and O–H groups in total. The normalized spacial score (nSPS) is 11.6. The van der Waals surface area contributed by atoms with Crippen LogP contribution in [-0.4, -0.2) is 24.2 Å². The van der Waals surface area contributed by atoms with Crippen LogP contribution in [0.15, 0.2) is 41.2 Å². The van der Waals surface area contributed by atoms with E-state index in [4.69, 9.17) is 32.7 Å². The summed E-state index contributed by atoms with van der Waals surface area (Å²) >= 11 is 12.3. The molecule has 0 aliphatic rings. The molecule has 0 saturated heterocycles. The molecule has 0 bridgehead atoms. The summed E-state index contributed by atoms with van der Waals surface area (Å²) in [5.41, 5.74) is 0.954. The van der Waals surface area contributed by atoms with Crippen LogP contribution < -0.4 is 15.0 Å². The number of benzene rings is 2. The first-order chi connectivity index (χ1) is 12.0. The summed E-state index contributed by atoms with van der Waals surface area (Å²) in [5.74, 6) is 1.53. The number of halogens is 2. The smallest absolute Gasteiger partial charge is 0.259 e. The number of hydrogen-bond donors (Lipinski definition) is 1. The van der Waals surface area contributed by atoms with Gasteiger partial charge in [0.05, 0.1) is 30.2 Å². The molecule has 25 heavy (non-hydrogen) atoms. The Morgan fingerprint density at radius 2 is 1.80 bits per heavy atom. The van der Waals surface area contributed by atoms with Crippen molar-refractivity contribution in [3.8, 4) is 11.5 Å². The average Bonchev–Trinajstić information content (AvgIpc) is 2.61. The van der Waals surface area contributed by atoms with Gasteiger partial charge in [-0.25, -0.2) is 4.98 Å². The van der Waals surface area contributed by atoms with Gasteiger partial charge in [-0.2, -0.15) is 0 Å². The number of methoxy groups -OCH3 is 2. The van der Waals surface area contributed by atoms with Crippen LogP contribution in [0.2, 0.25) is 5.02 Å². The number of hydrogen-bond acceptors (Lipinski definition) is 4. The zero-order valence-electron chi connectivity index (χ0n) is 13.5. The minimum Gasteiger partial charge on any atom is -0.497 e. The molecule has 7 heteroatoms. The lowest BCUT2D eigenvalue weighted by atomic mass is 10.2. The maximum Gasteiger partial charge on any atom is 0.259 e. The first-order valence-electron chi connectivity index (χ1n) is 7.30. The number of fused-ring (bicyclic) bond motifs is 1. The second kappa shape index (κ2) is 7.17. The molecule has 3 rings (SSSR count). The number of H-pyrrole nitrogens is 1. The van der Waals surface area contributed by atoms with Gasteiger partial charge in [0.15, 0.2) is 5.82 Å². The molecule has 0 saturated carbocycles. The SMILES string of the molecule is COc1cc(/C=C(\Cl)c2nc3ccc(Cl)cc3c(=O)[nH]2)cc(OC)c1. The van der Waals surface area contributed by atoms with Crippen molar-refractivity contribution in [1.29, 1.82) is 0 Å². The van der Waals surface area contributed by atoms with Crippen molar-refractivity contribution in [3.05, 3.63) is 63.2 Å². The minimum atomic E-state index is -0.308. The molecule has 0 aliphatic heterocycles. The Bertz CT molecular complexity index is 1010. The van der Waals surface area contributed by atoms with Crippen molar-refractivity contribution in [2.75, 3.05) is 14.2 Å². The highest BCUT2D eigenvalue weighted by atomic mass is 35.5. The van der Waals surface area contributed by atoms with E-state index in [1.807, 2.05) is 0 Å². The molecule has 1 heterocycles. The third-order valence-corrected chi connectivity index (χ3v) is 4.08. The van der Waals surface area contributed by atoms with E-state index in [9.17, 15) is 4.79 Å². The van der Waals surface area contributed by atoms with E-state index in [0.29, 0.717) is 27.4 Å². The van der Waals surface area contributed by atoms with Gasteiger partial charge in [0, 0.05) is 11.1 Å². The van der Waals surface area contributed by atoms with Gasteiger partial charge in [-0.05, 0) is 42.0 Å². The Kier molecular flexibility index (Phi) is 4.97. The summed E-state index contributed by atoms with van der Waals surface area (Å²) in [7, 11) is 3.13. The van der Waals surface area contributed by atoms with Crippen molar-refractivity contribution >= 4 is 45.2 Å². The largest absolute Gasteiger partial charge is 0.497 e. The first kappa shape index (κ1) is 17.3. The minimum absolute atomic E-state index is 0.267. The molecule has 0 radical (unpaired) electrons. The van der Waals surface area contributed by atoms with Gasteiger partial charge in [-0.3, -0.25) is 4.79 Å². The zero-order valence-corrected chi connectivity index (χ0v) is 15.0. The lowest BCUT2D eigenvalue weighted by molar-refractivity contribution is 0.394. The molecule has 128 valence electrons. The monoisotopic (exact) mass is 376 g/mol. The standard InChI is InChI=1S/C18H14Cl2N2O3/c1-24-12-5-10(6-13(9-12)25-2)7-15(20)17-21-16-4-3-11(19)8-14(16)18(23)22-17/h3-9H,1-2H3,(H,21,22,23)/b15-7-. The third-order valence-electron chi connectivity index (χ3n) is 3.56. The van der Waals surface area contributed by atoms with E-state index in [1.165, 1.54) is 0 Å². The van der Waals surface area contributed by atoms with Crippen LogP contribution in [0.25, 0.3) is 22.0 Å². The lowest BCUT2D eigenvalue weighted by Gasteiger charge is -2.07. The quantitative estimate of drug-likeness (QED) is 0.735. The van der Waals surface area contributed by atoms with Crippen LogP contribution in [0, 0.1) is 0 Å². The number of aromatic amines is 1. The molecule has 2 aromatic carbocycles. The van der Waals surface area contributed by atoms with Crippen molar-refractivity contribution in [2.45, 2.75) is 0 Å². The predicted molar refractivity (Wildman–Crippen MR) is 101 cm³/mol. The van der Waals surface area contributed by atoms with Crippen LogP contribution in [0.5, 0.6) is 11.5 Å². The Labute approximate surface area is 153 Å². The topological polar surface area (TPSA) is 64.2 Å². The second-order valence-corrected chi connectivity index (χ2v) is 6.06. The Morgan fingerprint density at radius 3 is 2.44 bits per heavy atom. The molecule has 1 aromatic heterocycles. The summed E-state index contributed by atoms with van der Waals surface area (Å²) in [6, 6.07) is 10.3. The number of aromatic nitrogens is 2. The van der Waals surface area contributed by atoms with Crippen LogP contribution >= 0.6 is 23.2 Å². The van der Waals surface area contributed by atoms with Crippen molar-refractivity contribution in [1.82, 2.24) is 9.97 Å². The highest BCUT2D eigenvalue weighted by Crippen LogP contribution is 2.27. The van der Waals surface area contributed by atoms with E-state index in [-0.39, 0.29) is 16.4 Å². The second-order valence-electron chi connectivity index (χ2n) is 5.21. The van der Waals surface area contributed by atoms with Gasteiger partial charge in [0.1, 0.15) is 11.5 Å². The zero-order chi connectivity index (χ0) is 18.0. The van der Waals surface area contributed by atoms with Crippen molar-refractivity contribution in [2.24, 2.45) is 0 Å². The first-order valence-corrected chi connectivity index (χ1v) is 8.06. The van der Waals surface area contributed by atoms with Crippen molar-refractivity contribution < 1.29 is 9.47 Å². The number of nitrogens with one attached hydrogen (secondary N) is 1. The Hall–Kier alpha value is -2.50. The molecule has 0 aliphatic carbocycles. The van der Waals surface area contributed by atoms with E-state index < -0.39 is 0 Å². The summed E-state index contributed by atoms with van der Waals surface area (Å²) in [6.45, 7) is 0. The highest BCUT2D eigenvalue weighted by molar-refractivity contribution is 6.50. The van der Waals surface area contributed by atoms with Gasteiger partial charge < -0.3 is 14.5 Å². The lowest BCUT2D eigenvalue weighted by Crippen LogP contribution is -2.10. The van der Waals surface area contributed by atoms with Crippen LogP contribution in [-0.2, 0) is 0 Å². The molecule has 0 atom stereocenters. The van der Waals surface area contributed by atoms with Gasteiger partial charge in [0.2, 0.25) is 0 Å². The molecule has 0 amide bonds.